The number of benzene rings is 1. The van der Waals surface area contributed by atoms with Gasteiger partial charge in [-0.05, 0) is 49.5 Å². The van der Waals surface area contributed by atoms with E-state index < -0.39 is 0 Å². The highest BCUT2D eigenvalue weighted by atomic mass is 127. The zero-order valence-electron chi connectivity index (χ0n) is 18.4. The summed E-state index contributed by atoms with van der Waals surface area (Å²) < 4.78 is 5.54. The van der Waals surface area contributed by atoms with Crippen molar-refractivity contribution in [3.8, 4) is 5.75 Å². The van der Waals surface area contributed by atoms with E-state index in [2.05, 4.69) is 33.4 Å². The number of aliphatic imine (C=N–C) groups is 1. The lowest BCUT2D eigenvalue weighted by molar-refractivity contribution is -0.127. The molecule has 0 atom stereocenters. The minimum Gasteiger partial charge on any atom is -0.494 e. The third-order valence-electron chi connectivity index (χ3n) is 5.60. The van der Waals surface area contributed by atoms with Gasteiger partial charge in [-0.25, -0.2) is 4.99 Å². The molecule has 7 heteroatoms. The third-order valence-corrected chi connectivity index (χ3v) is 5.60. The Morgan fingerprint density at radius 2 is 1.93 bits per heavy atom. The Bertz CT molecular complexity index is 740. The number of amides is 1. The van der Waals surface area contributed by atoms with Crippen molar-refractivity contribution in [3.63, 3.8) is 0 Å². The first-order valence-corrected chi connectivity index (χ1v) is 10.7. The van der Waals surface area contributed by atoms with Gasteiger partial charge in [-0.1, -0.05) is 31.1 Å². The molecule has 1 heterocycles. The monoisotopic (exact) mass is 526 g/mol. The molecule has 0 unspecified atom stereocenters. The maximum absolute atomic E-state index is 12.0. The molecule has 2 aliphatic rings. The summed E-state index contributed by atoms with van der Waals surface area (Å²) >= 11 is 0. The molecule has 30 heavy (non-hydrogen) atoms. The number of hydrogen-bond donors (Lipinski definition) is 1. The predicted octanol–water partition coefficient (Wildman–Crippen LogP) is 3.77. The van der Waals surface area contributed by atoms with E-state index in [0.717, 1.165) is 31.2 Å². The van der Waals surface area contributed by atoms with Gasteiger partial charge in [-0.2, -0.15) is 0 Å². The maximum atomic E-state index is 12.0. The number of nitrogens with one attached hydrogen (secondary N) is 1. The highest BCUT2D eigenvalue weighted by Gasteiger charge is 2.22. The first kappa shape index (κ1) is 24.5. The molecule has 0 spiro atoms. The molecule has 1 fully saturated rings. The summed E-state index contributed by atoms with van der Waals surface area (Å²) in [5.41, 5.74) is 2.60. The van der Waals surface area contributed by atoms with Gasteiger partial charge in [0.2, 0.25) is 5.91 Å². The van der Waals surface area contributed by atoms with Crippen molar-refractivity contribution in [2.75, 3.05) is 40.3 Å². The second-order valence-corrected chi connectivity index (χ2v) is 7.94. The molecular formula is C23H35IN4O2. The summed E-state index contributed by atoms with van der Waals surface area (Å²) in [5, 5.41) is 3.62. The molecule has 0 bridgehead atoms. The van der Waals surface area contributed by atoms with Crippen molar-refractivity contribution < 1.29 is 9.53 Å². The Morgan fingerprint density at radius 3 is 2.50 bits per heavy atom. The van der Waals surface area contributed by atoms with Crippen LogP contribution in [-0.2, 0) is 4.79 Å². The Balaban J connectivity index is 0.00000320. The van der Waals surface area contributed by atoms with E-state index in [1.807, 2.05) is 19.1 Å². The number of hydrogen-bond acceptors (Lipinski definition) is 3. The maximum Gasteiger partial charge on any atom is 0.243 e. The second-order valence-electron chi connectivity index (χ2n) is 7.94. The van der Waals surface area contributed by atoms with Crippen LogP contribution in [0.3, 0.4) is 0 Å². The molecule has 0 saturated heterocycles. The fourth-order valence-electron chi connectivity index (χ4n) is 3.83. The van der Waals surface area contributed by atoms with Crippen LogP contribution in [0.2, 0.25) is 0 Å². The average Bonchev–Trinajstić information content (AvgIpc) is 3.25. The summed E-state index contributed by atoms with van der Waals surface area (Å²) in [6.07, 6.45) is 8.13. The Morgan fingerprint density at radius 1 is 1.23 bits per heavy atom. The summed E-state index contributed by atoms with van der Waals surface area (Å²) in [5.74, 6) is 1.81. The van der Waals surface area contributed by atoms with Crippen LogP contribution in [0.4, 0.5) is 0 Å². The number of guanidine groups is 1. The molecular weight excluding hydrogens is 491 g/mol. The number of carbonyl (C=O) groups is 1. The molecule has 6 nitrogen and oxygen atoms in total. The third kappa shape index (κ3) is 6.89. The standard InChI is InChI=1S/C23H34N4O2.HI/c1-4-29-21-11-9-18(10-12-21)19-13-15-27(16-14-19)23(24-17-22(28)26(2)3)25-20-7-5-6-8-20;/h9-13,20H,4-8,14-17H2,1-3H3,(H,24,25);1H. The normalized spacial score (nSPS) is 17.2. The molecule has 3 rings (SSSR count). The SMILES string of the molecule is CCOc1ccc(C2=CCN(C(=NCC(=O)N(C)C)NC3CCCC3)CC2)cc1.I. The van der Waals surface area contributed by atoms with Crippen LogP contribution in [0, 0.1) is 0 Å². The smallest absolute Gasteiger partial charge is 0.243 e. The molecule has 0 radical (unpaired) electrons. The number of nitrogens with zero attached hydrogens (tertiary/aromatic N) is 3. The van der Waals surface area contributed by atoms with Gasteiger partial charge >= 0.3 is 0 Å². The van der Waals surface area contributed by atoms with Crippen molar-refractivity contribution >= 4 is 41.4 Å². The molecule has 1 N–H and O–H groups in total. The summed E-state index contributed by atoms with van der Waals surface area (Å²) in [4.78, 5) is 20.5. The van der Waals surface area contributed by atoms with Crippen LogP contribution in [0.15, 0.2) is 35.3 Å². The van der Waals surface area contributed by atoms with E-state index in [9.17, 15) is 4.79 Å². The number of likely N-dealkylation sites (N-methyl/N-ethyl adjacent to an activating group) is 1. The van der Waals surface area contributed by atoms with Crippen LogP contribution in [0.1, 0.15) is 44.6 Å². The van der Waals surface area contributed by atoms with Crippen LogP contribution < -0.4 is 10.1 Å². The molecule has 1 aromatic carbocycles. The minimum atomic E-state index is 0. The fourth-order valence-corrected chi connectivity index (χ4v) is 3.83. The first-order chi connectivity index (χ1) is 14.1. The van der Waals surface area contributed by atoms with Gasteiger partial charge in [0.15, 0.2) is 5.96 Å². The summed E-state index contributed by atoms with van der Waals surface area (Å²) in [6, 6.07) is 8.81. The van der Waals surface area contributed by atoms with E-state index in [1.54, 1.807) is 19.0 Å². The van der Waals surface area contributed by atoms with Crippen LogP contribution in [0.25, 0.3) is 5.57 Å². The highest BCUT2D eigenvalue weighted by Crippen LogP contribution is 2.25. The largest absolute Gasteiger partial charge is 0.494 e. The number of carbonyl (C=O) groups excluding carboxylic acids is 1. The van der Waals surface area contributed by atoms with E-state index in [4.69, 9.17) is 4.74 Å². The second kappa shape index (κ2) is 12.2. The van der Waals surface area contributed by atoms with Crippen LogP contribution in [-0.4, -0.2) is 68.0 Å². The number of rotatable bonds is 6. The topological polar surface area (TPSA) is 57.2 Å². The van der Waals surface area contributed by atoms with Crippen molar-refractivity contribution in [3.05, 3.63) is 35.9 Å². The molecule has 0 aromatic heterocycles. The number of halogens is 1. The van der Waals surface area contributed by atoms with Gasteiger partial charge < -0.3 is 19.9 Å². The van der Waals surface area contributed by atoms with Gasteiger partial charge in [0.1, 0.15) is 12.3 Å². The summed E-state index contributed by atoms with van der Waals surface area (Å²) in [6.45, 7) is 4.57. The van der Waals surface area contributed by atoms with Crippen LogP contribution in [0.5, 0.6) is 5.75 Å². The minimum absolute atomic E-state index is 0. The molecule has 1 aliphatic carbocycles. The molecule has 1 amide bonds. The van der Waals surface area contributed by atoms with Gasteiger partial charge in [-0.15, -0.1) is 24.0 Å². The van der Waals surface area contributed by atoms with Gasteiger partial charge in [-0.3, -0.25) is 4.79 Å². The summed E-state index contributed by atoms with van der Waals surface area (Å²) in [7, 11) is 3.54. The fraction of sp³-hybridized carbons (Fsp3) is 0.565. The zero-order valence-corrected chi connectivity index (χ0v) is 20.7. The zero-order chi connectivity index (χ0) is 20.6. The Hall–Kier alpha value is -1.77. The lowest BCUT2D eigenvalue weighted by Crippen LogP contribution is -2.47. The Kier molecular flexibility index (Phi) is 9.94. The van der Waals surface area contributed by atoms with Crippen molar-refractivity contribution in [2.24, 2.45) is 4.99 Å². The van der Waals surface area contributed by atoms with E-state index in [-0.39, 0.29) is 36.4 Å². The van der Waals surface area contributed by atoms with Gasteiger partial charge in [0.05, 0.1) is 6.61 Å². The van der Waals surface area contributed by atoms with Gasteiger partial charge in [0, 0.05) is 33.2 Å². The molecule has 1 aliphatic heterocycles. The van der Waals surface area contributed by atoms with E-state index in [1.165, 1.54) is 36.8 Å². The molecule has 1 aromatic rings. The lowest BCUT2D eigenvalue weighted by Gasteiger charge is -2.31. The highest BCUT2D eigenvalue weighted by molar-refractivity contribution is 14.0. The van der Waals surface area contributed by atoms with E-state index in [0.29, 0.717) is 12.6 Å². The van der Waals surface area contributed by atoms with E-state index >= 15 is 0 Å². The average molecular weight is 526 g/mol. The van der Waals surface area contributed by atoms with Crippen molar-refractivity contribution in [1.29, 1.82) is 0 Å². The van der Waals surface area contributed by atoms with Crippen molar-refractivity contribution in [2.45, 2.75) is 45.1 Å². The van der Waals surface area contributed by atoms with Crippen molar-refractivity contribution in [1.82, 2.24) is 15.1 Å². The quantitative estimate of drug-likeness (QED) is 0.349. The number of ether oxygens (including phenoxy) is 1. The lowest BCUT2D eigenvalue weighted by atomic mass is 9.99. The molecule has 1 saturated carbocycles. The Labute approximate surface area is 197 Å². The first-order valence-electron chi connectivity index (χ1n) is 10.7. The van der Waals surface area contributed by atoms with Gasteiger partial charge in [0.25, 0.3) is 0 Å². The predicted molar refractivity (Wildman–Crippen MR) is 134 cm³/mol. The molecule has 166 valence electrons. The van der Waals surface area contributed by atoms with Crippen LogP contribution >= 0.6 is 24.0 Å².